The molecule has 1 heterocycles. The van der Waals surface area contributed by atoms with Gasteiger partial charge < -0.3 is 19.8 Å². The van der Waals surface area contributed by atoms with Crippen molar-refractivity contribution in [1.82, 2.24) is 4.98 Å². The van der Waals surface area contributed by atoms with E-state index in [-0.39, 0.29) is 62.0 Å². The molecule has 0 atom stereocenters. The van der Waals surface area contributed by atoms with Crippen LogP contribution in [0, 0.1) is 0 Å². The van der Waals surface area contributed by atoms with Gasteiger partial charge in [-0.15, -0.1) is 13.0 Å². The number of ether oxygens (including phenoxy) is 2. The van der Waals surface area contributed by atoms with Gasteiger partial charge in [-0.3, -0.25) is 14.1 Å². The Bertz CT molecular complexity index is 3030. The summed E-state index contributed by atoms with van der Waals surface area (Å²) < 4.78 is 60.8. The molecule has 0 radical (unpaired) electrons. The molecular formula is C41H28N2O16S4. The average Bonchev–Trinajstić information content (AvgIpc) is 3.29. The highest BCUT2D eigenvalue weighted by molar-refractivity contribution is 7.95. The van der Waals surface area contributed by atoms with E-state index in [4.69, 9.17) is 29.6 Å². The maximum Gasteiger partial charge on any atom is 0.294 e. The van der Waals surface area contributed by atoms with E-state index in [1.807, 2.05) is 30.3 Å². The van der Waals surface area contributed by atoms with Crippen LogP contribution >= 0.6 is 36.1 Å². The summed E-state index contributed by atoms with van der Waals surface area (Å²) in [7, 11) is -4.71. The van der Waals surface area contributed by atoms with Crippen LogP contribution < -0.4 is 20.3 Å². The molecule has 1 aliphatic carbocycles. The second-order valence-electron chi connectivity index (χ2n) is 13.1. The molecule has 1 aliphatic rings. The van der Waals surface area contributed by atoms with Gasteiger partial charge in [0.25, 0.3) is 15.7 Å². The number of aromatic nitrogens is 1. The third-order valence-electron chi connectivity index (χ3n) is 9.47. The summed E-state index contributed by atoms with van der Waals surface area (Å²) in [6.45, 7) is -0.307. The van der Waals surface area contributed by atoms with E-state index in [0.29, 0.717) is 62.8 Å². The molecule has 0 amide bonds. The van der Waals surface area contributed by atoms with Crippen LogP contribution in [0.1, 0.15) is 21.5 Å². The minimum atomic E-state index is -4.71. The standard InChI is InChI=1S/C41H28N2O16S4/c44-40-28-12-5-4-11-27(28)36-29(21-52-24-9-6-10-25(18-24)60-57-54-46)41(45)43-39-33(53-32-16-13-23(17-35(32)62-59-56-48)22-7-2-1-3-8-22)20-31(37(40)38(36)39)42-30-15-14-26(63(49,50)51)19-34(30)61-58-55-47/h1-20,42,46-48H,21H2,(H,43,45)(H,49,50,51). The van der Waals surface area contributed by atoms with Crippen LogP contribution in [0.5, 0.6) is 17.2 Å². The molecular weight excluding hydrogens is 905 g/mol. The topological polar surface area (TPSA) is 251 Å². The maximum atomic E-state index is 14.8. The molecule has 322 valence electrons. The molecule has 7 aromatic rings. The first-order valence-corrected chi connectivity index (χ1v) is 21.6. The predicted molar refractivity (Wildman–Crippen MR) is 228 cm³/mol. The van der Waals surface area contributed by atoms with Gasteiger partial charge >= 0.3 is 0 Å². The Morgan fingerprint density at radius 2 is 1.35 bits per heavy atom. The van der Waals surface area contributed by atoms with Crippen molar-refractivity contribution >= 4 is 74.3 Å². The zero-order valence-electron chi connectivity index (χ0n) is 31.6. The van der Waals surface area contributed by atoms with Crippen LogP contribution in [0.3, 0.4) is 0 Å². The second-order valence-corrected chi connectivity index (χ2v) is 16.7. The largest absolute Gasteiger partial charge is 0.489 e. The number of hydrogen-bond donors (Lipinski definition) is 6. The van der Waals surface area contributed by atoms with E-state index < -0.39 is 26.4 Å². The third-order valence-corrected chi connectivity index (χ3v) is 12.2. The van der Waals surface area contributed by atoms with Crippen molar-refractivity contribution in [2.24, 2.45) is 0 Å². The second kappa shape index (κ2) is 19.3. The lowest BCUT2D eigenvalue weighted by Crippen LogP contribution is -2.22. The molecule has 63 heavy (non-hydrogen) atoms. The molecule has 8 rings (SSSR count). The van der Waals surface area contributed by atoms with Gasteiger partial charge in [-0.2, -0.15) is 8.42 Å². The fourth-order valence-electron chi connectivity index (χ4n) is 6.87. The van der Waals surface area contributed by atoms with E-state index in [1.165, 1.54) is 12.1 Å². The number of carbonyl (C=O) groups excluding carboxylic acids is 1. The van der Waals surface area contributed by atoms with Crippen molar-refractivity contribution in [3.8, 4) is 39.5 Å². The molecule has 0 bridgehead atoms. The number of fused-ring (bicyclic) bond motifs is 2. The zero-order chi connectivity index (χ0) is 44.1. The maximum absolute atomic E-state index is 14.8. The Morgan fingerprint density at radius 1 is 0.635 bits per heavy atom. The zero-order valence-corrected chi connectivity index (χ0v) is 34.8. The fourth-order valence-corrected chi connectivity index (χ4v) is 8.81. The molecule has 6 N–H and O–H groups in total. The number of hydrogen-bond acceptors (Lipinski definition) is 19. The van der Waals surface area contributed by atoms with Crippen molar-refractivity contribution in [2.45, 2.75) is 26.2 Å². The Balaban J connectivity index is 1.35. The summed E-state index contributed by atoms with van der Waals surface area (Å²) in [6.07, 6.45) is 0. The van der Waals surface area contributed by atoms with Crippen molar-refractivity contribution in [1.29, 1.82) is 0 Å². The molecule has 0 saturated heterocycles. The molecule has 0 saturated carbocycles. The van der Waals surface area contributed by atoms with Gasteiger partial charge in [0.15, 0.2) is 11.5 Å². The minimum absolute atomic E-state index is 0.00278. The number of rotatable bonds is 18. The van der Waals surface area contributed by atoms with Crippen molar-refractivity contribution in [2.75, 3.05) is 5.32 Å². The number of aromatic amines is 1. The summed E-state index contributed by atoms with van der Waals surface area (Å²) in [5, 5.41) is 41.5. The number of H-pyrrole nitrogens is 1. The first kappa shape index (κ1) is 43.8. The number of carbonyl (C=O) groups is 1. The number of benzene rings is 6. The van der Waals surface area contributed by atoms with Crippen LogP contribution in [0.25, 0.3) is 33.2 Å². The molecule has 0 spiro atoms. The van der Waals surface area contributed by atoms with E-state index in [1.54, 1.807) is 66.7 Å². The minimum Gasteiger partial charge on any atom is -0.489 e. The summed E-state index contributed by atoms with van der Waals surface area (Å²) in [6, 6.07) is 32.6. The van der Waals surface area contributed by atoms with Gasteiger partial charge in [-0.05, 0) is 65.2 Å². The Kier molecular flexibility index (Phi) is 13.4. The molecule has 18 nitrogen and oxygen atoms in total. The molecule has 0 aliphatic heterocycles. The van der Waals surface area contributed by atoms with Gasteiger partial charge in [0.05, 0.1) is 78.8 Å². The van der Waals surface area contributed by atoms with Crippen molar-refractivity contribution in [3.63, 3.8) is 0 Å². The van der Waals surface area contributed by atoms with Crippen LogP contribution in [0.4, 0.5) is 11.4 Å². The number of anilines is 2. The Hall–Kier alpha value is -5.80. The van der Waals surface area contributed by atoms with Gasteiger partial charge in [0.1, 0.15) is 18.1 Å². The third kappa shape index (κ3) is 9.45. The summed E-state index contributed by atoms with van der Waals surface area (Å²) in [4.78, 5) is 32.3. The van der Waals surface area contributed by atoms with Gasteiger partial charge in [-0.1, -0.05) is 81.8 Å². The Morgan fingerprint density at radius 3 is 2.10 bits per heavy atom. The van der Waals surface area contributed by atoms with E-state index in [2.05, 4.69) is 34.1 Å². The summed E-state index contributed by atoms with van der Waals surface area (Å²) in [5.41, 5.74) is 2.45. The number of ketones is 1. The number of nitrogens with one attached hydrogen (secondary N) is 2. The number of pyridine rings is 1. The van der Waals surface area contributed by atoms with Gasteiger partial charge in [-0.25, -0.2) is 15.8 Å². The van der Waals surface area contributed by atoms with Crippen LogP contribution in [0.15, 0.2) is 146 Å². The lowest BCUT2D eigenvalue weighted by molar-refractivity contribution is -0.432. The van der Waals surface area contributed by atoms with Crippen LogP contribution in [-0.4, -0.2) is 39.5 Å². The normalized spacial score (nSPS) is 12.0. The van der Waals surface area contributed by atoms with Crippen LogP contribution in [-0.2, 0) is 44.8 Å². The lowest BCUT2D eigenvalue weighted by Gasteiger charge is -2.26. The summed E-state index contributed by atoms with van der Waals surface area (Å²) in [5.74, 6) is 0.00929. The van der Waals surface area contributed by atoms with E-state index >= 15 is 0 Å². The molecule has 22 heteroatoms. The highest BCUT2D eigenvalue weighted by Crippen LogP contribution is 2.49. The predicted octanol–water partition coefficient (Wildman–Crippen LogP) is 10.1. The first-order chi connectivity index (χ1) is 30.6. The van der Waals surface area contributed by atoms with Gasteiger partial charge in [0.2, 0.25) is 0 Å². The van der Waals surface area contributed by atoms with E-state index in [9.17, 15) is 22.6 Å². The van der Waals surface area contributed by atoms with Gasteiger partial charge in [0, 0.05) is 27.5 Å². The fraction of sp³-hybridized carbons (Fsp3) is 0.0244. The quantitative estimate of drug-likeness (QED) is 0.0202. The van der Waals surface area contributed by atoms with Crippen LogP contribution in [0.2, 0.25) is 0 Å². The molecule has 0 fully saturated rings. The van der Waals surface area contributed by atoms with Crippen molar-refractivity contribution in [3.05, 3.63) is 148 Å². The smallest absolute Gasteiger partial charge is 0.294 e. The molecule has 6 aromatic carbocycles. The molecule has 0 unspecified atom stereocenters. The summed E-state index contributed by atoms with van der Waals surface area (Å²) >= 11 is 1.72. The average molecular weight is 933 g/mol. The SMILES string of the molecule is O=C1c2ccccc2-c2c(COc3cccc(SOOO)c3)c(=O)[nH]c3c(Oc4ccc(-c5ccccc5)cc4SOOO)cc(Nc4ccc(S(=O)(=O)O)cc4SOOO)c1c23. The lowest BCUT2D eigenvalue weighted by atomic mass is 9.81. The molecule has 1 aromatic heterocycles. The monoisotopic (exact) mass is 932 g/mol. The van der Waals surface area contributed by atoms with E-state index in [0.717, 1.165) is 23.3 Å². The highest BCUT2D eigenvalue weighted by Gasteiger charge is 2.33. The Labute approximate surface area is 368 Å². The van der Waals surface area contributed by atoms with Crippen molar-refractivity contribution < 1.29 is 71.1 Å². The highest BCUT2D eigenvalue weighted by atomic mass is 32.2. The first-order valence-electron chi connectivity index (χ1n) is 17.9.